The van der Waals surface area contributed by atoms with E-state index in [9.17, 15) is 9.59 Å². The number of amides is 2. The molecule has 31 heavy (non-hydrogen) atoms. The van der Waals surface area contributed by atoms with Gasteiger partial charge in [0, 0.05) is 18.5 Å². The van der Waals surface area contributed by atoms with Crippen LogP contribution in [-0.4, -0.2) is 58.9 Å². The first-order chi connectivity index (χ1) is 15.0. The predicted octanol–water partition coefficient (Wildman–Crippen LogP) is 1.79. The summed E-state index contributed by atoms with van der Waals surface area (Å²) in [5.41, 5.74) is 0.335. The number of para-hydroxylation sites is 2. The van der Waals surface area contributed by atoms with Gasteiger partial charge in [0.05, 0.1) is 27.9 Å². The molecule has 2 aromatic rings. The maximum absolute atomic E-state index is 12.5. The van der Waals surface area contributed by atoms with Crippen molar-refractivity contribution < 1.29 is 33.3 Å². The summed E-state index contributed by atoms with van der Waals surface area (Å²) in [5, 5.41) is 5.51. The van der Waals surface area contributed by atoms with Crippen LogP contribution in [0.3, 0.4) is 0 Å². The molecule has 2 N–H and O–H groups in total. The highest BCUT2D eigenvalue weighted by molar-refractivity contribution is 5.95. The minimum Gasteiger partial charge on any atom is -0.493 e. The number of methoxy groups -OCH3 is 3. The van der Waals surface area contributed by atoms with Crippen LogP contribution in [0.1, 0.15) is 16.8 Å². The second-order valence-corrected chi connectivity index (χ2v) is 6.72. The smallest absolute Gasteiger partial charge is 0.251 e. The topological polar surface area (TPSA) is 104 Å². The van der Waals surface area contributed by atoms with Crippen LogP contribution >= 0.6 is 0 Å². The number of nitrogens with one attached hydrogen (secondary N) is 2. The van der Waals surface area contributed by atoms with Gasteiger partial charge in [-0.25, -0.2) is 0 Å². The van der Waals surface area contributed by atoms with E-state index in [-0.39, 0.29) is 30.9 Å². The molecule has 1 heterocycles. The van der Waals surface area contributed by atoms with Gasteiger partial charge in [0.15, 0.2) is 23.0 Å². The lowest BCUT2D eigenvalue weighted by atomic mass is 10.1. The van der Waals surface area contributed by atoms with Gasteiger partial charge in [0.25, 0.3) is 5.91 Å². The molecular weight excluding hydrogens is 404 g/mol. The molecule has 2 aromatic carbocycles. The van der Waals surface area contributed by atoms with Gasteiger partial charge in [-0.1, -0.05) is 12.1 Å². The Morgan fingerprint density at radius 1 is 1.00 bits per heavy atom. The lowest BCUT2D eigenvalue weighted by molar-refractivity contribution is -0.121. The molecule has 0 bridgehead atoms. The van der Waals surface area contributed by atoms with Crippen molar-refractivity contribution in [1.82, 2.24) is 10.6 Å². The maximum atomic E-state index is 12.5. The largest absolute Gasteiger partial charge is 0.493 e. The van der Waals surface area contributed by atoms with Crippen molar-refractivity contribution in [3.8, 4) is 28.7 Å². The van der Waals surface area contributed by atoms with E-state index in [0.29, 0.717) is 47.5 Å². The molecule has 0 aromatic heterocycles. The third-order valence-corrected chi connectivity index (χ3v) is 4.66. The monoisotopic (exact) mass is 430 g/mol. The molecule has 3 rings (SSSR count). The van der Waals surface area contributed by atoms with E-state index >= 15 is 0 Å². The van der Waals surface area contributed by atoms with Crippen molar-refractivity contribution in [3.05, 3.63) is 42.0 Å². The Hall–Kier alpha value is -3.62. The van der Waals surface area contributed by atoms with Crippen LogP contribution in [0.4, 0.5) is 0 Å². The fraction of sp³-hybridized carbons (Fsp3) is 0.364. The fourth-order valence-electron chi connectivity index (χ4n) is 3.08. The number of hydrogen-bond acceptors (Lipinski definition) is 7. The summed E-state index contributed by atoms with van der Waals surface area (Å²) in [4.78, 5) is 24.6. The number of carbonyl (C=O) groups is 2. The molecule has 1 unspecified atom stereocenters. The van der Waals surface area contributed by atoms with E-state index in [1.54, 1.807) is 12.1 Å². The van der Waals surface area contributed by atoms with E-state index < -0.39 is 0 Å². The van der Waals surface area contributed by atoms with Gasteiger partial charge >= 0.3 is 0 Å². The lowest BCUT2D eigenvalue weighted by Gasteiger charge is -2.26. The zero-order chi connectivity index (χ0) is 22.2. The van der Waals surface area contributed by atoms with Gasteiger partial charge in [0.1, 0.15) is 12.7 Å². The number of rotatable bonds is 9. The summed E-state index contributed by atoms with van der Waals surface area (Å²) in [6.45, 7) is 0.843. The van der Waals surface area contributed by atoms with Crippen molar-refractivity contribution in [2.24, 2.45) is 0 Å². The molecule has 0 radical (unpaired) electrons. The summed E-state index contributed by atoms with van der Waals surface area (Å²) >= 11 is 0. The van der Waals surface area contributed by atoms with Crippen LogP contribution in [0.25, 0.3) is 0 Å². The first kappa shape index (κ1) is 22.1. The summed E-state index contributed by atoms with van der Waals surface area (Å²) < 4.78 is 27.2. The Bertz CT molecular complexity index is 907. The molecule has 2 amide bonds. The predicted molar refractivity (Wildman–Crippen MR) is 112 cm³/mol. The van der Waals surface area contributed by atoms with Crippen molar-refractivity contribution in [3.63, 3.8) is 0 Å². The van der Waals surface area contributed by atoms with E-state index in [2.05, 4.69) is 10.6 Å². The third kappa shape index (κ3) is 5.50. The normalized spacial score (nSPS) is 14.4. The third-order valence-electron chi connectivity index (χ3n) is 4.66. The van der Waals surface area contributed by atoms with E-state index in [0.717, 1.165) is 0 Å². The zero-order valence-electron chi connectivity index (χ0n) is 17.7. The average molecular weight is 430 g/mol. The number of fused-ring (bicyclic) bond motifs is 1. The molecule has 166 valence electrons. The lowest BCUT2D eigenvalue weighted by Crippen LogP contribution is -2.41. The standard InChI is InChI=1S/C22H26N2O7/c1-27-18-10-14(11-19(28-2)21(18)29-3)22(26)23-9-8-20(25)24-12-15-13-30-16-6-4-5-7-17(16)31-15/h4-7,10-11,15H,8-9,12-13H2,1-3H3,(H,23,26)(H,24,25). The highest BCUT2D eigenvalue weighted by Crippen LogP contribution is 2.38. The minimum absolute atomic E-state index is 0.125. The van der Waals surface area contributed by atoms with Crippen LogP contribution in [0.2, 0.25) is 0 Å². The van der Waals surface area contributed by atoms with Gasteiger partial charge < -0.3 is 34.3 Å². The molecule has 0 aliphatic carbocycles. The summed E-state index contributed by atoms with van der Waals surface area (Å²) in [6, 6.07) is 10.5. The number of carbonyl (C=O) groups excluding carboxylic acids is 2. The van der Waals surface area contributed by atoms with Gasteiger partial charge in [0.2, 0.25) is 11.7 Å². The second kappa shape index (κ2) is 10.4. The maximum Gasteiger partial charge on any atom is 0.251 e. The number of ether oxygens (including phenoxy) is 5. The first-order valence-electron chi connectivity index (χ1n) is 9.79. The molecule has 0 fully saturated rings. The SMILES string of the molecule is COc1cc(C(=O)NCCC(=O)NCC2COc3ccccc3O2)cc(OC)c1OC. The molecule has 0 spiro atoms. The Labute approximate surface area is 180 Å². The van der Waals surface area contributed by atoms with E-state index in [1.807, 2.05) is 24.3 Å². The van der Waals surface area contributed by atoms with Gasteiger partial charge in [-0.15, -0.1) is 0 Å². The van der Waals surface area contributed by atoms with Crippen LogP contribution in [-0.2, 0) is 4.79 Å². The minimum atomic E-state index is -0.354. The van der Waals surface area contributed by atoms with Crippen molar-refractivity contribution in [1.29, 1.82) is 0 Å². The second-order valence-electron chi connectivity index (χ2n) is 6.72. The summed E-state index contributed by atoms with van der Waals surface area (Å²) in [7, 11) is 4.44. The van der Waals surface area contributed by atoms with Crippen molar-refractivity contribution >= 4 is 11.8 Å². The highest BCUT2D eigenvalue weighted by Gasteiger charge is 2.21. The summed E-state index contributed by atoms with van der Waals surface area (Å²) in [6.07, 6.45) is -0.145. The molecular formula is C22H26N2O7. The molecule has 9 nitrogen and oxygen atoms in total. The highest BCUT2D eigenvalue weighted by atomic mass is 16.6. The Morgan fingerprint density at radius 2 is 1.68 bits per heavy atom. The van der Waals surface area contributed by atoms with E-state index in [1.165, 1.54) is 21.3 Å². The molecule has 1 aliphatic heterocycles. The number of benzene rings is 2. The van der Waals surface area contributed by atoms with Crippen molar-refractivity contribution in [2.45, 2.75) is 12.5 Å². The Kier molecular flexibility index (Phi) is 7.42. The number of hydrogen-bond donors (Lipinski definition) is 2. The molecule has 0 saturated carbocycles. The van der Waals surface area contributed by atoms with Gasteiger partial charge in [-0.3, -0.25) is 9.59 Å². The molecule has 0 saturated heterocycles. The van der Waals surface area contributed by atoms with Crippen LogP contribution < -0.4 is 34.3 Å². The quantitative estimate of drug-likeness (QED) is 0.625. The first-order valence-corrected chi connectivity index (χ1v) is 9.79. The van der Waals surface area contributed by atoms with Crippen LogP contribution in [0.5, 0.6) is 28.7 Å². The fourth-order valence-corrected chi connectivity index (χ4v) is 3.08. The molecule has 1 aliphatic rings. The molecule has 9 heteroatoms. The van der Waals surface area contributed by atoms with E-state index in [4.69, 9.17) is 23.7 Å². The van der Waals surface area contributed by atoms with Crippen LogP contribution in [0.15, 0.2) is 36.4 Å². The Morgan fingerprint density at radius 3 is 2.32 bits per heavy atom. The Balaban J connectivity index is 1.45. The van der Waals surface area contributed by atoms with Crippen LogP contribution in [0, 0.1) is 0 Å². The van der Waals surface area contributed by atoms with Crippen molar-refractivity contribution in [2.75, 3.05) is 41.0 Å². The molecule has 1 atom stereocenters. The van der Waals surface area contributed by atoms with Gasteiger partial charge in [-0.2, -0.15) is 0 Å². The summed E-state index contributed by atoms with van der Waals surface area (Å²) in [5.74, 6) is 1.95. The average Bonchev–Trinajstić information content (AvgIpc) is 2.81. The zero-order valence-corrected chi connectivity index (χ0v) is 17.7. The van der Waals surface area contributed by atoms with Gasteiger partial charge in [-0.05, 0) is 24.3 Å².